The Morgan fingerprint density at radius 1 is 1.42 bits per heavy atom. The van der Waals surface area contributed by atoms with Crippen LogP contribution in [0.15, 0.2) is 24.3 Å². The zero-order valence-electron chi connectivity index (χ0n) is 11.8. The van der Waals surface area contributed by atoms with Gasteiger partial charge >= 0.3 is 5.97 Å². The first kappa shape index (κ1) is 14.1. The molecular formula is C16H23NO2. The summed E-state index contributed by atoms with van der Waals surface area (Å²) in [5.41, 5.74) is 2.83. The summed E-state index contributed by atoms with van der Waals surface area (Å²) in [5.74, 6) is -0.284. The summed E-state index contributed by atoms with van der Waals surface area (Å²) in [6, 6.07) is 8.59. The largest absolute Gasteiger partial charge is 0.481 e. The fourth-order valence-corrected chi connectivity index (χ4v) is 2.48. The van der Waals surface area contributed by atoms with Crippen LogP contribution in [0.25, 0.3) is 0 Å². The number of aliphatic carboxylic acids is 1. The number of rotatable bonds is 7. The van der Waals surface area contributed by atoms with Gasteiger partial charge in [0.25, 0.3) is 0 Å². The Morgan fingerprint density at radius 3 is 2.68 bits per heavy atom. The van der Waals surface area contributed by atoms with Gasteiger partial charge in [0.15, 0.2) is 0 Å². The molecule has 104 valence electrons. The van der Waals surface area contributed by atoms with Gasteiger partial charge in [0, 0.05) is 13.1 Å². The van der Waals surface area contributed by atoms with Crippen molar-refractivity contribution in [2.75, 3.05) is 13.1 Å². The minimum Gasteiger partial charge on any atom is -0.481 e. The maximum Gasteiger partial charge on any atom is 0.307 e. The van der Waals surface area contributed by atoms with Gasteiger partial charge in [0.05, 0.1) is 5.92 Å². The van der Waals surface area contributed by atoms with E-state index in [1.54, 1.807) is 6.92 Å². The van der Waals surface area contributed by atoms with E-state index in [4.69, 9.17) is 5.11 Å². The molecule has 0 heterocycles. The third-order valence-electron chi connectivity index (χ3n) is 3.87. The van der Waals surface area contributed by atoms with Crippen LogP contribution in [0.5, 0.6) is 0 Å². The van der Waals surface area contributed by atoms with Gasteiger partial charge in [-0.3, -0.25) is 9.69 Å². The molecule has 1 N–H and O–H groups in total. The molecule has 1 aliphatic carbocycles. The van der Waals surface area contributed by atoms with E-state index in [2.05, 4.69) is 36.1 Å². The van der Waals surface area contributed by atoms with Crippen LogP contribution in [0.3, 0.4) is 0 Å². The van der Waals surface area contributed by atoms with Gasteiger partial charge in [-0.1, -0.05) is 38.1 Å². The first-order valence-electron chi connectivity index (χ1n) is 7.14. The average molecular weight is 261 g/mol. The van der Waals surface area contributed by atoms with E-state index in [1.807, 2.05) is 0 Å². The Kier molecular flexibility index (Phi) is 4.59. The van der Waals surface area contributed by atoms with Crippen LogP contribution in [-0.2, 0) is 11.3 Å². The number of hydrogen-bond acceptors (Lipinski definition) is 2. The van der Waals surface area contributed by atoms with Crippen molar-refractivity contribution < 1.29 is 9.90 Å². The van der Waals surface area contributed by atoms with E-state index in [-0.39, 0.29) is 5.92 Å². The molecule has 0 amide bonds. The predicted molar refractivity (Wildman–Crippen MR) is 76.2 cm³/mol. The Balaban J connectivity index is 2.03. The van der Waals surface area contributed by atoms with Crippen molar-refractivity contribution >= 4 is 5.97 Å². The van der Waals surface area contributed by atoms with Crippen LogP contribution < -0.4 is 0 Å². The summed E-state index contributed by atoms with van der Waals surface area (Å²) < 4.78 is 0. The third-order valence-corrected chi connectivity index (χ3v) is 3.87. The fraction of sp³-hybridized carbons (Fsp3) is 0.562. The molecule has 1 fully saturated rings. The second-order valence-electron chi connectivity index (χ2n) is 5.54. The minimum atomic E-state index is -0.714. The lowest BCUT2D eigenvalue weighted by atomic mass is 10.0. The second kappa shape index (κ2) is 6.20. The lowest BCUT2D eigenvalue weighted by molar-refractivity contribution is -0.141. The quantitative estimate of drug-likeness (QED) is 0.820. The number of carbonyl (C=O) groups is 1. The van der Waals surface area contributed by atoms with Gasteiger partial charge in [0.2, 0.25) is 0 Å². The molecule has 0 aromatic heterocycles. The lowest BCUT2D eigenvalue weighted by Gasteiger charge is -2.23. The van der Waals surface area contributed by atoms with Crippen LogP contribution in [0, 0.1) is 5.92 Å². The molecule has 3 heteroatoms. The highest BCUT2D eigenvalue weighted by Gasteiger charge is 2.26. The Labute approximate surface area is 115 Å². The van der Waals surface area contributed by atoms with Crippen LogP contribution in [-0.4, -0.2) is 29.1 Å². The third kappa shape index (κ3) is 3.80. The molecule has 0 saturated heterocycles. The van der Waals surface area contributed by atoms with E-state index >= 15 is 0 Å². The van der Waals surface area contributed by atoms with Crippen LogP contribution in [0.2, 0.25) is 0 Å². The zero-order valence-corrected chi connectivity index (χ0v) is 11.8. The van der Waals surface area contributed by atoms with Crippen molar-refractivity contribution in [2.24, 2.45) is 5.92 Å². The maximum absolute atomic E-state index is 11.0. The fourth-order valence-electron chi connectivity index (χ4n) is 2.48. The zero-order chi connectivity index (χ0) is 13.8. The first-order valence-corrected chi connectivity index (χ1v) is 7.14. The summed E-state index contributed by atoms with van der Waals surface area (Å²) in [4.78, 5) is 13.2. The van der Waals surface area contributed by atoms with Crippen LogP contribution >= 0.6 is 0 Å². The van der Waals surface area contributed by atoms with E-state index in [9.17, 15) is 4.79 Å². The monoisotopic (exact) mass is 261 g/mol. The number of carboxylic acids is 1. The van der Waals surface area contributed by atoms with Gasteiger partial charge < -0.3 is 5.11 Å². The van der Waals surface area contributed by atoms with Crippen molar-refractivity contribution in [1.29, 1.82) is 0 Å². The van der Waals surface area contributed by atoms with Gasteiger partial charge in [-0.05, 0) is 36.4 Å². The summed E-state index contributed by atoms with van der Waals surface area (Å²) in [6.07, 6.45) is 2.60. The highest BCUT2D eigenvalue weighted by molar-refractivity contribution is 5.69. The Morgan fingerprint density at radius 2 is 2.11 bits per heavy atom. The molecule has 0 radical (unpaired) electrons. The van der Waals surface area contributed by atoms with Gasteiger partial charge in [-0.2, -0.15) is 0 Å². The average Bonchev–Trinajstić information content (AvgIpc) is 3.22. The number of nitrogens with zero attached hydrogens (tertiary/aromatic N) is 1. The summed E-state index contributed by atoms with van der Waals surface area (Å²) in [6.45, 7) is 6.23. The van der Waals surface area contributed by atoms with Crippen molar-refractivity contribution in [3.63, 3.8) is 0 Å². The maximum atomic E-state index is 11.0. The van der Waals surface area contributed by atoms with Crippen molar-refractivity contribution in [2.45, 2.75) is 39.2 Å². The Bertz CT molecular complexity index is 440. The molecule has 19 heavy (non-hydrogen) atoms. The van der Waals surface area contributed by atoms with Crippen LogP contribution in [0.4, 0.5) is 0 Å². The smallest absolute Gasteiger partial charge is 0.307 e. The molecule has 3 nitrogen and oxygen atoms in total. The summed E-state index contributed by atoms with van der Waals surface area (Å²) >= 11 is 0. The van der Waals surface area contributed by atoms with E-state index in [0.29, 0.717) is 6.54 Å². The second-order valence-corrected chi connectivity index (χ2v) is 5.54. The molecule has 1 saturated carbocycles. The van der Waals surface area contributed by atoms with Gasteiger partial charge in [-0.25, -0.2) is 0 Å². The van der Waals surface area contributed by atoms with Gasteiger partial charge in [0.1, 0.15) is 0 Å². The molecule has 0 spiro atoms. The Hall–Kier alpha value is -1.35. The normalized spacial score (nSPS) is 16.6. The highest BCUT2D eigenvalue weighted by atomic mass is 16.4. The molecule has 1 unspecified atom stereocenters. The summed E-state index contributed by atoms with van der Waals surface area (Å²) in [5, 5.41) is 9.02. The van der Waals surface area contributed by atoms with Crippen molar-refractivity contribution in [3.8, 4) is 0 Å². The number of benzene rings is 1. The van der Waals surface area contributed by atoms with E-state index in [1.165, 1.54) is 24.0 Å². The van der Waals surface area contributed by atoms with E-state index in [0.717, 1.165) is 19.0 Å². The standard InChI is InChI=1S/C16H23NO2/c1-3-17(10-12(2)16(18)19)11-14-6-4-5-7-15(14)13-8-9-13/h4-7,12-13H,3,8-11H2,1-2H3,(H,18,19). The molecule has 1 aromatic rings. The molecular weight excluding hydrogens is 238 g/mol. The molecule has 1 aliphatic rings. The lowest BCUT2D eigenvalue weighted by Crippen LogP contribution is -2.31. The predicted octanol–water partition coefficient (Wildman–Crippen LogP) is 3.11. The topological polar surface area (TPSA) is 40.5 Å². The summed E-state index contributed by atoms with van der Waals surface area (Å²) in [7, 11) is 0. The van der Waals surface area contributed by atoms with Crippen molar-refractivity contribution in [1.82, 2.24) is 4.90 Å². The SMILES string of the molecule is CCN(Cc1ccccc1C1CC1)CC(C)C(=O)O. The minimum absolute atomic E-state index is 0.312. The number of hydrogen-bond donors (Lipinski definition) is 1. The molecule has 0 bridgehead atoms. The highest BCUT2D eigenvalue weighted by Crippen LogP contribution is 2.41. The molecule has 0 aliphatic heterocycles. The number of carboxylic acid groups (broad SMARTS) is 1. The van der Waals surface area contributed by atoms with Gasteiger partial charge in [-0.15, -0.1) is 0 Å². The van der Waals surface area contributed by atoms with E-state index < -0.39 is 5.97 Å². The first-order chi connectivity index (χ1) is 9.11. The molecule has 1 atom stereocenters. The van der Waals surface area contributed by atoms with Crippen molar-refractivity contribution in [3.05, 3.63) is 35.4 Å². The van der Waals surface area contributed by atoms with Crippen LogP contribution in [0.1, 0.15) is 43.7 Å². The molecule has 2 rings (SSSR count). The molecule has 1 aromatic carbocycles.